The van der Waals surface area contributed by atoms with Crippen LogP contribution in [0.15, 0.2) is 24.4 Å². The molecule has 4 nitrogen and oxygen atoms in total. The molecule has 0 radical (unpaired) electrons. The summed E-state index contributed by atoms with van der Waals surface area (Å²) >= 11 is 0. The molecule has 0 aromatic carbocycles. The Labute approximate surface area is 101 Å². The summed E-state index contributed by atoms with van der Waals surface area (Å²) in [5, 5.41) is 0. The highest BCUT2D eigenvalue weighted by Crippen LogP contribution is 2.17. The van der Waals surface area contributed by atoms with Gasteiger partial charge in [-0.1, -0.05) is 6.07 Å². The average Bonchev–Trinajstić information content (AvgIpc) is 2.28. The second-order valence-electron chi connectivity index (χ2n) is 4.19. The van der Waals surface area contributed by atoms with Gasteiger partial charge < -0.3 is 5.73 Å². The van der Waals surface area contributed by atoms with Crippen molar-refractivity contribution in [1.82, 2.24) is 15.0 Å². The third kappa shape index (κ3) is 2.47. The summed E-state index contributed by atoms with van der Waals surface area (Å²) in [4.78, 5) is 13.2. The van der Waals surface area contributed by atoms with Gasteiger partial charge >= 0.3 is 0 Å². The molecule has 2 heterocycles. The number of rotatable bonds is 2. The van der Waals surface area contributed by atoms with Crippen molar-refractivity contribution in [3.05, 3.63) is 41.3 Å². The number of nitrogens with two attached hydrogens (primary N) is 1. The van der Waals surface area contributed by atoms with Crippen LogP contribution in [0, 0.1) is 13.8 Å². The number of aryl methyl sites for hydroxylation is 2. The fourth-order valence-corrected chi connectivity index (χ4v) is 1.71. The van der Waals surface area contributed by atoms with Gasteiger partial charge in [0.25, 0.3) is 0 Å². The summed E-state index contributed by atoms with van der Waals surface area (Å²) in [5.41, 5.74) is 9.47. The topological polar surface area (TPSA) is 64.7 Å². The van der Waals surface area contributed by atoms with Crippen molar-refractivity contribution >= 4 is 0 Å². The molecule has 88 valence electrons. The van der Waals surface area contributed by atoms with E-state index in [0.717, 1.165) is 22.6 Å². The Hall–Kier alpha value is -1.81. The van der Waals surface area contributed by atoms with Crippen LogP contribution in [-0.4, -0.2) is 15.0 Å². The standard InChI is InChI=1S/C13H16N4/c1-8-5-4-6-12(16-8)13-15-7-11(9(2)14)10(3)17-13/h4-7,9H,14H2,1-3H3/t9-/m1/s1. The molecule has 2 aromatic heterocycles. The smallest absolute Gasteiger partial charge is 0.178 e. The van der Waals surface area contributed by atoms with Crippen molar-refractivity contribution in [2.24, 2.45) is 5.73 Å². The lowest BCUT2D eigenvalue weighted by Crippen LogP contribution is -2.09. The minimum absolute atomic E-state index is 0.0467. The van der Waals surface area contributed by atoms with Crippen LogP contribution >= 0.6 is 0 Å². The first kappa shape index (κ1) is 11.7. The number of hydrogen-bond donors (Lipinski definition) is 1. The molecule has 0 saturated heterocycles. The molecule has 0 saturated carbocycles. The van der Waals surface area contributed by atoms with Crippen LogP contribution in [0.4, 0.5) is 0 Å². The Morgan fingerprint density at radius 2 is 1.94 bits per heavy atom. The van der Waals surface area contributed by atoms with Gasteiger partial charge in [0.2, 0.25) is 0 Å². The number of pyridine rings is 1. The summed E-state index contributed by atoms with van der Waals surface area (Å²) in [7, 11) is 0. The summed E-state index contributed by atoms with van der Waals surface area (Å²) in [6.07, 6.45) is 1.78. The lowest BCUT2D eigenvalue weighted by molar-refractivity contribution is 0.789. The highest BCUT2D eigenvalue weighted by Gasteiger charge is 2.09. The van der Waals surface area contributed by atoms with Crippen molar-refractivity contribution in [1.29, 1.82) is 0 Å². The minimum atomic E-state index is -0.0467. The fraction of sp³-hybridized carbons (Fsp3) is 0.308. The number of nitrogens with zero attached hydrogens (tertiary/aromatic N) is 3. The molecule has 0 spiro atoms. The van der Waals surface area contributed by atoms with Crippen molar-refractivity contribution in [3.63, 3.8) is 0 Å². The molecular weight excluding hydrogens is 212 g/mol. The van der Waals surface area contributed by atoms with Gasteiger partial charge in [0.05, 0.1) is 0 Å². The lowest BCUT2D eigenvalue weighted by atomic mass is 10.1. The van der Waals surface area contributed by atoms with Gasteiger partial charge in [-0.15, -0.1) is 0 Å². The summed E-state index contributed by atoms with van der Waals surface area (Å²) in [5.74, 6) is 0.649. The second kappa shape index (κ2) is 4.59. The van der Waals surface area contributed by atoms with E-state index >= 15 is 0 Å². The van der Waals surface area contributed by atoms with Gasteiger partial charge in [-0.25, -0.2) is 15.0 Å². The molecule has 0 aliphatic carbocycles. The molecule has 0 unspecified atom stereocenters. The van der Waals surface area contributed by atoms with Crippen molar-refractivity contribution in [2.45, 2.75) is 26.8 Å². The van der Waals surface area contributed by atoms with E-state index in [2.05, 4.69) is 15.0 Å². The van der Waals surface area contributed by atoms with Crippen LogP contribution < -0.4 is 5.73 Å². The highest BCUT2D eigenvalue weighted by molar-refractivity contribution is 5.49. The van der Waals surface area contributed by atoms with Crippen LogP contribution in [0.2, 0.25) is 0 Å². The predicted octanol–water partition coefficient (Wildman–Crippen LogP) is 2.18. The first-order valence-corrected chi connectivity index (χ1v) is 5.61. The Kier molecular flexibility index (Phi) is 3.15. The maximum Gasteiger partial charge on any atom is 0.178 e. The van der Waals surface area contributed by atoms with Crippen LogP contribution in [0.25, 0.3) is 11.5 Å². The van der Waals surface area contributed by atoms with Gasteiger partial charge in [-0.05, 0) is 32.9 Å². The van der Waals surface area contributed by atoms with E-state index in [1.807, 2.05) is 39.0 Å². The summed E-state index contributed by atoms with van der Waals surface area (Å²) in [6.45, 7) is 5.82. The zero-order valence-electron chi connectivity index (χ0n) is 10.3. The number of hydrogen-bond acceptors (Lipinski definition) is 4. The quantitative estimate of drug-likeness (QED) is 0.855. The van der Waals surface area contributed by atoms with Crippen LogP contribution in [0.3, 0.4) is 0 Å². The maximum absolute atomic E-state index is 5.83. The molecule has 2 rings (SSSR count). The van der Waals surface area contributed by atoms with Gasteiger partial charge in [-0.2, -0.15) is 0 Å². The van der Waals surface area contributed by atoms with E-state index < -0.39 is 0 Å². The number of aromatic nitrogens is 3. The van der Waals surface area contributed by atoms with E-state index in [0.29, 0.717) is 5.82 Å². The van der Waals surface area contributed by atoms with Gasteiger partial charge in [0, 0.05) is 29.2 Å². The largest absolute Gasteiger partial charge is 0.324 e. The van der Waals surface area contributed by atoms with E-state index in [4.69, 9.17) is 5.73 Å². The first-order valence-electron chi connectivity index (χ1n) is 5.61. The first-order chi connectivity index (χ1) is 8.08. The molecule has 4 heteroatoms. The monoisotopic (exact) mass is 228 g/mol. The Balaban J connectivity index is 2.44. The van der Waals surface area contributed by atoms with Crippen LogP contribution in [0.5, 0.6) is 0 Å². The molecule has 17 heavy (non-hydrogen) atoms. The molecule has 0 fully saturated rings. The van der Waals surface area contributed by atoms with Crippen LogP contribution in [0.1, 0.15) is 29.9 Å². The van der Waals surface area contributed by atoms with Crippen LogP contribution in [-0.2, 0) is 0 Å². The van der Waals surface area contributed by atoms with E-state index in [9.17, 15) is 0 Å². The van der Waals surface area contributed by atoms with Crippen molar-refractivity contribution in [3.8, 4) is 11.5 Å². The average molecular weight is 228 g/mol. The van der Waals surface area contributed by atoms with E-state index in [1.54, 1.807) is 6.20 Å². The SMILES string of the molecule is Cc1cccc(-c2ncc([C@@H](C)N)c(C)n2)n1. The molecule has 2 N–H and O–H groups in total. The molecule has 0 aliphatic rings. The molecular formula is C13H16N4. The summed E-state index contributed by atoms with van der Waals surface area (Å²) < 4.78 is 0. The Morgan fingerprint density at radius 3 is 2.53 bits per heavy atom. The van der Waals surface area contributed by atoms with Gasteiger partial charge in [0.1, 0.15) is 5.69 Å². The van der Waals surface area contributed by atoms with E-state index in [1.165, 1.54) is 0 Å². The highest BCUT2D eigenvalue weighted by atomic mass is 14.9. The third-order valence-corrected chi connectivity index (χ3v) is 2.63. The molecule has 1 atom stereocenters. The second-order valence-corrected chi connectivity index (χ2v) is 4.19. The normalized spacial score (nSPS) is 12.5. The third-order valence-electron chi connectivity index (χ3n) is 2.63. The summed E-state index contributed by atoms with van der Waals surface area (Å²) in [6, 6.07) is 5.77. The van der Waals surface area contributed by atoms with Gasteiger partial charge in [-0.3, -0.25) is 0 Å². The molecule has 2 aromatic rings. The fourth-order valence-electron chi connectivity index (χ4n) is 1.71. The zero-order chi connectivity index (χ0) is 12.4. The molecule has 0 amide bonds. The van der Waals surface area contributed by atoms with Crippen molar-refractivity contribution < 1.29 is 0 Å². The predicted molar refractivity (Wildman–Crippen MR) is 67.3 cm³/mol. The molecule has 0 bridgehead atoms. The lowest BCUT2D eigenvalue weighted by Gasteiger charge is -2.09. The zero-order valence-corrected chi connectivity index (χ0v) is 10.3. The minimum Gasteiger partial charge on any atom is -0.324 e. The van der Waals surface area contributed by atoms with E-state index in [-0.39, 0.29) is 6.04 Å². The maximum atomic E-state index is 5.83. The Bertz CT molecular complexity index is 535. The Morgan fingerprint density at radius 1 is 1.18 bits per heavy atom. The van der Waals surface area contributed by atoms with Gasteiger partial charge in [0.15, 0.2) is 5.82 Å². The van der Waals surface area contributed by atoms with Crippen molar-refractivity contribution in [2.75, 3.05) is 0 Å². The molecule has 0 aliphatic heterocycles.